The molecule has 0 aliphatic heterocycles. The first-order valence-corrected chi connectivity index (χ1v) is 12.8. The highest BCUT2D eigenvalue weighted by atomic mass is 16.5. The van der Waals surface area contributed by atoms with Crippen LogP contribution in [0.5, 0.6) is 17.2 Å². The monoisotopic (exact) mass is 476 g/mol. The normalized spacial score (nSPS) is 10.2. The minimum absolute atomic E-state index is 0.0610. The Morgan fingerprint density at radius 1 is 0.514 bits per heavy atom. The summed E-state index contributed by atoms with van der Waals surface area (Å²) in [6, 6.07) is 25.0. The first-order chi connectivity index (χ1) is 17.2. The Morgan fingerprint density at radius 3 is 1.06 bits per heavy atom. The molecule has 0 unspecified atom stereocenters. The molecule has 0 heterocycles. The van der Waals surface area contributed by atoms with Gasteiger partial charge in [-0.3, -0.25) is 0 Å². The van der Waals surface area contributed by atoms with E-state index in [9.17, 15) is 0 Å². The first-order valence-electron chi connectivity index (χ1n) is 12.8. The van der Waals surface area contributed by atoms with Crippen molar-refractivity contribution in [2.45, 2.75) is 40.0 Å². The summed E-state index contributed by atoms with van der Waals surface area (Å²) in [5, 5.41) is 0. The van der Waals surface area contributed by atoms with E-state index in [1.54, 1.807) is 0 Å². The summed E-state index contributed by atoms with van der Waals surface area (Å²) >= 11 is 0. The quantitative estimate of drug-likeness (QED) is 0.370. The Hall–Kier alpha value is -2.96. The van der Waals surface area contributed by atoms with E-state index in [0.29, 0.717) is 32.9 Å². The van der Waals surface area contributed by atoms with Crippen molar-refractivity contribution in [3.8, 4) is 17.2 Å². The summed E-state index contributed by atoms with van der Waals surface area (Å²) < 4.78 is 18.5. The standard InChI is InChI=1S/C27H33BO3.C2H8N2/c1-4-19-29-25-16-10-7-13-22(25)28(23-14-8-11-17-26(23)30-20-5-2)24-15-9-12-18-27(24)31-21-6-3;3-1-2-4/h7-18H,4-6,19-21H2,1-3H3;1-4H2. The maximum Gasteiger partial charge on any atom is 0.255 e. The van der Waals surface area contributed by atoms with E-state index in [2.05, 4.69) is 75.4 Å². The fourth-order valence-corrected chi connectivity index (χ4v) is 3.69. The second-order valence-corrected chi connectivity index (χ2v) is 8.17. The number of hydrogen-bond donors (Lipinski definition) is 2. The number of ether oxygens (including phenoxy) is 3. The molecule has 0 radical (unpaired) electrons. The van der Waals surface area contributed by atoms with Gasteiger partial charge in [0, 0.05) is 13.1 Å². The smallest absolute Gasteiger partial charge is 0.255 e. The molecule has 0 fully saturated rings. The number of hydrogen-bond acceptors (Lipinski definition) is 5. The lowest BCUT2D eigenvalue weighted by atomic mass is 9.36. The van der Waals surface area contributed by atoms with E-state index in [1.165, 1.54) is 0 Å². The predicted octanol–water partition coefficient (Wildman–Crippen LogP) is 3.47. The number of para-hydroxylation sites is 3. The molecule has 0 aliphatic carbocycles. The third kappa shape index (κ3) is 8.64. The van der Waals surface area contributed by atoms with Crippen molar-refractivity contribution in [2.75, 3.05) is 32.9 Å². The molecule has 0 spiro atoms. The SMILES string of the molecule is CCCOc1ccccc1B(c1ccccc1OCCC)c1ccccc1OCCC.NCCN. The van der Waals surface area contributed by atoms with Crippen molar-refractivity contribution in [3.05, 3.63) is 72.8 Å². The highest BCUT2D eigenvalue weighted by Crippen LogP contribution is 2.17. The average Bonchev–Trinajstić information content (AvgIpc) is 2.91. The molecule has 0 saturated carbocycles. The zero-order valence-corrected chi connectivity index (χ0v) is 21.5. The molecule has 0 bridgehead atoms. The van der Waals surface area contributed by atoms with Crippen molar-refractivity contribution in [1.29, 1.82) is 0 Å². The van der Waals surface area contributed by atoms with Crippen molar-refractivity contribution >= 4 is 23.1 Å². The molecule has 0 amide bonds. The minimum atomic E-state index is -0.0610. The maximum atomic E-state index is 6.17. The molecule has 188 valence electrons. The second-order valence-electron chi connectivity index (χ2n) is 8.17. The summed E-state index contributed by atoms with van der Waals surface area (Å²) in [6.45, 7) is 9.57. The molecule has 35 heavy (non-hydrogen) atoms. The van der Waals surface area contributed by atoms with E-state index >= 15 is 0 Å². The van der Waals surface area contributed by atoms with Gasteiger partial charge in [0.2, 0.25) is 0 Å². The Kier molecular flexibility index (Phi) is 13.4. The summed E-state index contributed by atoms with van der Waals surface area (Å²) in [5.74, 6) is 2.72. The molecule has 3 aromatic carbocycles. The van der Waals surface area contributed by atoms with Gasteiger partial charge in [0.1, 0.15) is 17.2 Å². The summed E-state index contributed by atoms with van der Waals surface area (Å²) in [6.07, 6.45) is 2.89. The van der Waals surface area contributed by atoms with Gasteiger partial charge in [-0.25, -0.2) is 0 Å². The van der Waals surface area contributed by atoms with Crippen molar-refractivity contribution in [1.82, 2.24) is 0 Å². The summed E-state index contributed by atoms with van der Waals surface area (Å²) in [7, 11) is 0. The Balaban J connectivity index is 0.00000100. The van der Waals surface area contributed by atoms with Crippen molar-refractivity contribution in [3.63, 3.8) is 0 Å². The van der Waals surface area contributed by atoms with Gasteiger partial charge in [0.05, 0.1) is 19.8 Å². The predicted molar refractivity (Wildman–Crippen MR) is 149 cm³/mol. The van der Waals surface area contributed by atoms with Gasteiger partial charge >= 0.3 is 0 Å². The largest absolute Gasteiger partial charge is 0.494 e. The van der Waals surface area contributed by atoms with E-state index in [0.717, 1.165) is 52.9 Å². The summed E-state index contributed by atoms with van der Waals surface area (Å²) in [4.78, 5) is 0. The third-order valence-corrected chi connectivity index (χ3v) is 5.24. The molecular formula is C29H41BN2O3. The van der Waals surface area contributed by atoms with E-state index in [1.807, 2.05) is 18.2 Å². The van der Waals surface area contributed by atoms with Crippen molar-refractivity contribution < 1.29 is 14.2 Å². The van der Waals surface area contributed by atoms with Gasteiger partial charge in [0.25, 0.3) is 6.71 Å². The maximum absolute atomic E-state index is 6.17. The Bertz CT molecular complexity index is 859. The van der Waals surface area contributed by atoms with Gasteiger partial charge < -0.3 is 25.7 Å². The minimum Gasteiger partial charge on any atom is -0.494 e. The van der Waals surface area contributed by atoms with Crippen molar-refractivity contribution in [2.24, 2.45) is 11.5 Å². The van der Waals surface area contributed by atoms with Crippen LogP contribution < -0.4 is 42.1 Å². The van der Waals surface area contributed by atoms with Gasteiger partial charge in [0.15, 0.2) is 0 Å². The van der Waals surface area contributed by atoms with Gasteiger partial charge in [-0.05, 0) is 53.8 Å². The first kappa shape index (κ1) is 28.3. The molecule has 0 aliphatic rings. The Labute approximate surface area is 211 Å². The van der Waals surface area contributed by atoms with Crippen LogP contribution in [0.4, 0.5) is 0 Å². The van der Waals surface area contributed by atoms with Crippen LogP contribution in [-0.4, -0.2) is 39.6 Å². The van der Waals surface area contributed by atoms with Crippen LogP contribution in [0.1, 0.15) is 40.0 Å². The molecule has 5 nitrogen and oxygen atoms in total. The van der Waals surface area contributed by atoms with Crippen LogP contribution in [0.25, 0.3) is 0 Å². The van der Waals surface area contributed by atoms with Crippen LogP contribution in [0.2, 0.25) is 0 Å². The molecule has 3 aromatic rings. The molecule has 0 saturated heterocycles. The second kappa shape index (κ2) is 16.6. The highest BCUT2D eigenvalue weighted by molar-refractivity contribution is 6.97. The topological polar surface area (TPSA) is 79.7 Å². The van der Waals surface area contributed by atoms with Crippen LogP contribution in [0.3, 0.4) is 0 Å². The zero-order valence-electron chi connectivity index (χ0n) is 21.5. The third-order valence-electron chi connectivity index (χ3n) is 5.24. The molecule has 3 rings (SSSR count). The number of rotatable bonds is 13. The van der Waals surface area contributed by atoms with E-state index in [4.69, 9.17) is 25.7 Å². The lowest BCUT2D eigenvalue weighted by Gasteiger charge is -2.23. The average molecular weight is 476 g/mol. The van der Waals surface area contributed by atoms with Crippen LogP contribution in [0, 0.1) is 0 Å². The number of benzene rings is 3. The lowest BCUT2D eigenvalue weighted by Crippen LogP contribution is -2.53. The van der Waals surface area contributed by atoms with E-state index < -0.39 is 0 Å². The molecule has 6 heteroatoms. The van der Waals surface area contributed by atoms with Gasteiger partial charge in [-0.2, -0.15) is 0 Å². The Morgan fingerprint density at radius 2 is 0.800 bits per heavy atom. The fraction of sp³-hybridized carbons (Fsp3) is 0.379. The molecule has 0 aromatic heterocycles. The molecular weight excluding hydrogens is 435 g/mol. The van der Waals surface area contributed by atoms with E-state index in [-0.39, 0.29) is 6.71 Å². The van der Waals surface area contributed by atoms with Gasteiger partial charge in [-0.1, -0.05) is 75.4 Å². The van der Waals surface area contributed by atoms with Crippen LogP contribution in [0.15, 0.2) is 72.8 Å². The summed E-state index contributed by atoms with van der Waals surface area (Å²) in [5.41, 5.74) is 13.2. The van der Waals surface area contributed by atoms with Gasteiger partial charge in [-0.15, -0.1) is 0 Å². The van der Waals surface area contributed by atoms with Crippen LogP contribution >= 0.6 is 0 Å². The molecule has 0 atom stereocenters. The number of nitrogens with two attached hydrogens (primary N) is 2. The molecule has 4 N–H and O–H groups in total. The highest BCUT2D eigenvalue weighted by Gasteiger charge is 2.30. The van der Waals surface area contributed by atoms with Crippen LogP contribution in [-0.2, 0) is 0 Å². The zero-order chi connectivity index (χ0) is 25.3. The fourth-order valence-electron chi connectivity index (χ4n) is 3.69. The lowest BCUT2D eigenvalue weighted by molar-refractivity contribution is 0.318.